The molecule has 0 N–H and O–H groups in total. The van der Waals surface area contributed by atoms with Gasteiger partial charge in [0.15, 0.2) is 16.6 Å². The Morgan fingerprint density at radius 1 is 0.735 bits per heavy atom. The van der Waals surface area contributed by atoms with Crippen LogP contribution in [0.3, 0.4) is 0 Å². The Bertz CT molecular complexity index is 963. The van der Waals surface area contributed by atoms with Crippen molar-refractivity contribution in [2.24, 2.45) is 28.1 Å². The fourth-order valence-corrected chi connectivity index (χ4v) is 15.1. The molecule has 0 aliphatic heterocycles. The van der Waals surface area contributed by atoms with Crippen molar-refractivity contribution < 1.29 is 37.4 Å². The highest BCUT2D eigenvalue weighted by Gasteiger charge is 2.45. The van der Waals surface area contributed by atoms with E-state index in [9.17, 15) is 14.4 Å². The zero-order valence-electron chi connectivity index (χ0n) is 34.4. The predicted molar refractivity (Wildman–Crippen MR) is 207 cm³/mol. The lowest BCUT2D eigenvalue weighted by molar-refractivity contribution is -0.160. The normalized spacial score (nSPS) is 16.3. The van der Waals surface area contributed by atoms with E-state index >= 15 is 0 Å². The van der Waals surface area contributed by atoms with Gasteiger partial charge in [-0.1, -0.05) is 66.7 Å². The molecule has 0 fully saturated rings. The van der Waals surface area contributed by atoms with Crippen LogP contribution >= 0.6 is 0 Å². The van der Waals surface area contributed by atoms with E-state index in [-0.39, 0.29) is 24.3 Å². The summed E-state index contributed by atoms with van der Waals surface area (Å²) in [4.78, 5) is 40.5. The number of methoxy groups -OCH3 is 1. The zero-order chi connectivity index (χ0) is 37.9. The Hall–Kier alpha value is -1.24. The number of hydrogen-bond donors (Lipinski definition) is 0. The van der Waals surface area contributed by atoms with Crippen molar-refractivity contribution in [2.45, 2.75) is 171 Å². The minimum absolute atomic E-state index is 0.267. The van der Waals surface area contributed by atoms with Crippen LogP contribution in [0.2, 0.25) is 38.8 Å². The second kappa shape index (κ2) is 22.6. The molecule has 0 spiro atoms. The van der Waals surface area contributed by atoms with Gasteiger partial charge in [-0.2, -0.15) is 0 Å². The number of unbranched alkanes of at least 4 members (excludes halogenated alkanes) is 2. The molecule has 0 heterocycles. The van der Waals surface area contributed by atoms with Gasteiger partial charge in [-0.25, -0.2) is 0 Å². The standard InChI is InChI=1S/C39H78O8Si2/c1-15-19-22-32(17-3)23-26-45-34(40)33(28-37(5,6)35(41)46-25-21-27-49(13,14)47-48(10,11)12)29-38(7,31-44-24-20-16-2)30-39(8,18-4)36(42)43-9/h32-33H,15-31H2,1-14H3. The first-order valence-corrected chi connectivity index (χ1v) is 25.9. The molecule has 0 amide bonds. The summed E-state index contributed by atoms with van der Waals surface area (Å²) < 4.78 is 29.7. The number of ether oxygens (including phenoxy) is 4. The van der Waals surface area contributed by atoms with Crippen LogP contribution in [0.5, 0.6) is 0 Å². The second-order valence-electron chi connectivity index (χ2n) is 17.4. The van der Waals surface area contributed by atoms with Crippen molar-refractivity contribution in [1.82, 2.24) is 0 Å². The molecule has 49 heavy (non-hydrogen) atoms. The summed E-state index contributed by atoms with van der Waals surface area (Å²) in [5.74, 6) is -0.927. The third-order valence-electron chi connectivity index (χ3n) is 9.80. The number of carbonyl (C=O) groups excluding carboxylic acids is 3. The molecule has 4 atom stereocenters. The van der Waals surface area contributed by atoms with Crippen molar-refractivity contribution >= 4 is 34.5 Å². The molecule has 0 aromatic carbocycles. The fourth-order valence-electron chi connectivity index (χ4n) is 7.04. The van der Waals surface area contributed by atoms with Gasteiger partial charge in [-0.15, -0.1) is 0 Å². The van der Waals surface area contributed by atoms with Crippen LogP contribution in [0.1, 0.15) is 132 Å². The predicted octanol–water partition coefficient (Wildman–Crippen LogP) is 10.4. The Labute approximate surface area is 304 Å². The Balaban J connectivity index is 6.13. The minimum atomic E-state index is -1.84. The fraction of sp³-hybridized carbons (Fsp3) is 0.923. The van der Waals surface area contributed by atoms with Crippen LogP contribution in [0.25, 0.3) is 0 Å². The molecule has 10 heteroatoms. The van der Waals surface area contributed by atoms with Gasteiger partial charge >= 0.3 is 17.9 Å². The molecule has 0 aliphatic carbocycles. The summed E-state index contributed by atoms with van der Waals surface area (Å²) in [6, 6.07) is 0.920. The molecule has 0 aliphatic rings. The highest BCUT2D eigenvalue weighted by Crippen LogP contribution is 2.44. The third kappa shape index (κ3) is 19.8. The first-order chi connectivity index (χ1) is 22.6. The van der Waals surface area contributed by atoms with Crippen molar-refractivity contribution in [2.75, 3.05) is 33.5 Å². The van der Waals surface area contributed by atoms with Gasteiger partial charge < -0.3 is 23.1 Å². The van der Waals surface area contributed by atoms with Crippen molar-refractivity contribution in [3.05, 3.63) is 0 Å². The van der Waals surface area contributed by atoms with Crippen LogP contribution in [-0.4, -0.2) is 68.1 Å². The minimum Gasteiger partial charge on any atom is -0.469 e. The molecule has 8 nitrogen and oxygen atoms in total. The van der Waals surface area contributed by atoms with E-state index in [1.54, 1.807) is 0 Å². The number of rotatable bonds is 28. The van der Waals surface area contributed by atoms with Crippen LogP contribution in [-0.2, 0) is 37.4 Å². The quantitative estimate of drug-likeness (QED) is 0.0340. The lowest BCUT2D eigenvalue weighted by atomic mass is 9.66. The van der Waals surface area contributed by atoms with Gasteiger partial charge in [-0.05, 0) is 116 Å². The summed E-state index contributed by atoms with van der Waals surface area (Å²) in [6.07, 6.45) is 9.81. The molecule has 0 radical (unpaired) electrons. The smallest absolute Gasteiger partial charge is 0.311 e. The second-order valence-corrected chi connectivity index (χ2v) is 26.4. The van der Waals surface area contributed by atoms with Crippen molar-refractivity contribution in [3.8, 4) is 0 Å². The summed E-state index contributed by atoms with van der Waals surface area (Å²) in [5, 5.41) is 0. The van der Waals surface area contributed by atoms with Gasteiger partial charge in [-0.3, -0.25) is 14.4 Å². The van der Waals surface area contributed by atoms with Crippen LogP contribution < -0.4 is 0 Å². The van der Waals surface area contributed by atoms with Crippen LogP contribution in [0.4, 0.5) is 0 Å². The molecule has 0 aromatic rings. The third-order valence-corrected chi connectivity index (χ3v) is 16.0. The van der Waals surface area contributed by atoms with Crippen LogP contribution in [0, 0.1) is 28.1 Å². The maximum atomic E-state index is 14.0. The molecule has 4 unspecified atom stereocenters. The first-order valence-electron chi connectivity index (χ1n) is 19.3. The highest BCUT2D eigenvalue weighted by molar-refractivity contribution is 6.84. The lowest BCUT2D eigenvalue weighted by Gasteiger charge is -2.40. The number of hydrogen-bond acceptors (Lipinski definition) is 8. The molecular formula is C39H78O8Si2. The molecule has 0 saturated carbocycles. The average Bonchev–Trinajstić information content (AvgIpc) is 3.00. The van der Waals surface area contributed by atoms with E-state index in [0.29, 0.717) is 51.6 Å². The first kappa shape index (κ1) is 47.8. The van der Waals surface area contributed by atoms with Crippen molar-refractivity contribution in [1.29, 1.82) is 0 Å². The topological polar surface area (TPSA) is 97.4 Å². The Morgan fingerprint density at radius 2 is 1.37 bits per heavy atom. The summed E-state index contributed by atoms with van der Waals surface area (Å²) in [7, 11) is -2.06. The van der Waals surface area contributed by atoms with Gasteiger partial charge in [0.1, 0.15) is 0 Å². The number of esters is 3. The van der Waals surface area contributed by atoms with Crippen molar-refractivity contribution in [3.63, 3.8) is 0 Å². The molecule has 0 rings (SSSR count). The van der Waals surface area contributed by atoms with E-state index in [4.69, 9.17) is 23.1 Å². The van der Waals surface area contributed by atoms with Gasteiger partial charge in [0.25, 0.3) is 0 Å². The van der Waals surface area contributed by atoms with Gasteiger partial charge in [0.05, 0.1) is 43.7 Å². The Kier molecular flexibility index (Phi) is 22.1. The molecule has 0 bridgehead atoms. The average molecular weight is 731 g/mol. The molecule has 290 valence electrons. The molecular weight excluding hydrogens is 653 g/mol. The summed E-state index contributed by atoms with van der Waals surface area (Å²) in [5.41, 5.74) is -2.21. The van der Waals surface area contributed by atoms with E-state index < -0.39 is 38.8 Å². The van der Waals surface area contributed by atoms with E-state index in [0.717, 1.165) is 51.0 Å². The maximum Gasteiger partial charge on any atom is 0.311 e. The highest BCUT2D eigenvalue weighted by atomic mass is 28.4. The number of carbonyl (C=O) groups is 3. The van der Waals surface area contributed by atoms with E-state index in [1.807, 2.05) is 27.7 Å². The molecule has 0 saturated heterocycles. The largest absolute Gasteiger partial charge is 0.469 e. The van der Waals surface area contributed by atoms with Crippen LogP contribution in [0.15, 0.2) is 0 Å². The van der Waals surface area contributed by atoms with E-state index in [2.05, 4.69) is 60.4 Å². The monoisotopic (exact) mass is 731 g/mol. The summed E-state index contributed by atoms with van der Waals surface area (Å²) >= 11 is 0. The molecule has 0 aromatic heterocycles. The summed E-state index contributed by atoms with van der Waals surface area (Å²) in [6.45, 7) is 29.0. The zero-order valence-corrected chi connectivity index (χ0v) is 36.4. The maximum absolute atomic E-state index is 14.0. The van der Waals surface area contributed by atoms with Gasteiger partial charge in [0, 0.05) is 6.61 Å². The SMILES string of the molecule is CCCCOCC(C)(CC(CC(C)(C)C(=O)OCCC[Si](C)(C)O[Si](C)(C)C)C(=O)OCCC(CC)CCCC)CC(C)(CC)C(=O)OC. The lowest BCUT2D eigenvalue weighted by Crippen LogP contribution is -2.42. The van der Waals surface area contributed by atoms with E-state index in [1.165, 1.54) is 13.5 Å². The van der Waals surface area contributed by atoms with Gasteiger partial charge in [0.2, 0.25) is 0 Å². The Morgan fingerprint density at radius 3 is 1.90 bits per heavy atom.